The van der Waals surface area contributed by atoms with Crippen LogP contribution in [0.4, 0.5) is 9.52 Å². The third-order valence-electron chi connectivity index (χ3n) is 6.95. The molecule has 206 valence electrons. The van der Waals surface area contributed by atoms with E-state index in [2.05, 4.69) is 31.7 Å². The highest BCUT2D eigenvalue weighted by atomic mass is 32.2. The molecular weight excluding hydrogens is 541 g/mol. The van der Waals surface area contributed by atoms with Crippen molar-refractivity contribution in [3.63, 3.8) is 0 Å². The first kappa shape index (κ1) is 27.9. The van der Waals surface area contributed by atoms with Crippen molar-refractivity contribution in [2.24, 2.45) is 5.16 Å². The number of likely N-dealkylation sites (N-methyl/N-ethyl adjacent to an activating group) is 1. The zero-order valence-corrected chi connectivity index (χ0v) is 22.2. The number of hydrogen-bond acceptors (Lipinski definition) is 11. The van der Waals surface area contributed by atoms with Gasteiger partial charge in [0.15, 0.2) is 5.13 Å². The third kappa shape index (κ3) is 5.52. The predicted molar refractivity (Wildman–Crippen MR) is 137 cm³/mol. The number of nitrogens with zero attached hydrogens (tertiary/aromatic N) is 5. The Bertz CT molecular complexity index is 1190. The Kier molecular flexibility index (Phi) is 8.64. The fraction of sp³-hybridized carbons (Fsp3) is 0.545. The molecule has 4 rings (SSSR count). The molecule has 13 nitrogen and oxygen atoms in total. The van der Waals surface area contributed by atoms with E-state index in [4.69, 9.17) is 5.73 Å². The summed E-state index contributed by atoms with van der Waals surface area (Å²) in [6, 6.07) is -0.684. The van der Waals surface area contributed by atoms with E-state index >= 15 is 0 Å². The number of rotatable bonds is 11. The molecule has 38 heavy (non-hydrogen) atoms. The van der Waals surface area contributed by atoms with Gasteiger partial charge in [-0.25, -0.2) is 9.18 Å². The number of carbonyl (C=O) groups excluding carboxylic acids is 2. The molecule has 16 heteroatoms. The zero-order valence-electron chi connectivity index (χ0n) is 20.6. The Morgan fingerprint density at radius 1 is 1.45 bits per heavy atom. The predicted octanol–water partition coefficient (Wildman–Crippen LogP) is 0.0542. The lowest BCUT2D eigenvalue weighted by atomic mass is 10.0. The number of alkyl halides is 1. The second-order valence-corrected chi connectivity index (χ2v) is 11.2. The molecule has 0 radical (unpaired) electrons. The van der Waals surface area contributed by atoms with Gasteiger partial charge in [0, 0.05) is 43.2 Å². The molecule has 3 aliphatic heterocycles. The standard InChI is InChI=1S/C22H28FN7O6S2/c1-30(8-3-5-13(30)6-9-31)7-2-4-12-10-37-20-15(19(33)29(20)16(12)21(34)35)25-18(32)14(27-36-11-23)17-26-22(24)38-28-17/h2,4,13,15,20,31H,3,5-11H2,1H3,(H3-,24,25,26,28,32,34,35)/p+1/b4-2+,27-14-/t13?,15-,20+,30?/m1/s1. The van der Waals surface area contributed by atoms with Crippen LogP contribution < -0.4 is 11.1 Å². The number of carboxylic acid groups (broad SMARTS) is 1. The molecule has 3 aliphatic rings. The first-order valence-electron chi connectivity index (χ1n) is 11.9. The van der Waals surface area contributed by atoms with Gasteiger partial charge in [0.2, 0.25) is 11.5 Å². The molecule has 5 N–H and O–H groups in total. The summed E-state index contributed by atoms with van der Waals surface area (Å²) >= 11 is 2.11. The Morgan fingerprint density at radius 2 is 2.24 bits per heavy atom. The molecule has 0 aromatic carbocycles. The van der Waals surface area contributed by atoms with E-state index < -0.39 is 41.8 Å². The van der Waals surface area contributed by atoms with Crippen molar-refractivity contribution in [1.82, 2.24) is 19.6 Å². The summed E-state index contributed by atoms with van der Waals surface area (Å²) in [5.74, 6) is -2.60. The summed E-state index contributed by atoms with van der Waals surface area (Å²) in [7, 11) is 2.13. The Labute approximate surface area is 225 Å². The Balaban J connectivity index is 1.47. The first-order valence-corrected chi connectivity index (χ1v) is 13.7. The van der Waals surface area contributed by atoms with Gasteiger partial charge in [0.1, 0.15) is 17.1 Å². The number of likely N-dealkylation sites (tertiary alicyclic amines) is 1. The van der Waals surface area contributed by atoms with Gasteiger partial charge in [-0.1, -0.05) is 11.2 Å². The molecule has 0 spiro atoms. The number of aliphatic carboxylic acids is 1. The minimum Gasteiger partial charge on any atom is -0.477 e. The number of carbonyl (C=O) groups is 3. The quantitative estimate of drug-likeness (QED) is 0.123. The minimum atomic E-state index is -1.30. The average Bonchev–Trinajstić information content (AvgIpc) is 3.47. The second-order valence-electron chi connectivity index (χ2n) is 9.27. The topological polar surface area (TPSA) is 180 Å². The Morgan fingerprint density at radius 3 is 2.89 bits per heavy atom. The lowest BCUT2D eigenvalue weighted by Gasteiger charge is -2.49. The number of aliphatic hydroxyl groups excluding tert-OH is 1. The van der Waals surface area contributed by atoms with Crippen molar-refractivity contribution in [2.75, 3.05) is 45.1 Å². The fourth-order valence-corrected chi connectivity index (χ4v) is 6.80. The Hall–Kier alpha value is -3.08. The number of nitrogens with two attached hydrogens (primary N) is 1. The number of carboxylic acids is 1. The number of fused-ring (bicyclic) bond motifs is 1. The lowest BCUT2D eigenvalue weighted by molar-refractivity contribution is -0.916. The van der Waals surface area contributed by atoms with Crippen LogP contribution in [0, 0.1) is 0 Å². The van der Waals surface area contributed by atoms with Gasteiger partial charge in [-0.2, -0.15) is 9.36 Å². The number of allylic oxidation sites excluding steroid dienone is 1. The number of halogens is 1. The van der Waals surface area contributed by atoms with E-state index in [0.29, 0.717) is 23.9 Å². The number of quaternary nitrogens is 1. The number of amides is 2. The summed E-state index contributed by atoms with van der Waals surface area (Å²) in [4.78, 5) is 47.3. The summed E-state index contributed by atoms with van der Waals surface area (Å²) in [5.41, 5.74) is 5.47. The molecular formula is C22H29FN7O6S2+. The summed E-state index contributed by atoms with van der Waals surface area (Å²) < 4.78 is 17.1. The first-order chi connectivity index (χ1) is 18.2. The molecule has 4 heterocycles. The van der Waals surface area contributed by atoms with Gasteiger partial charge >= 0.3 is 5.97 Å². The van der Waals surface area contributed by atoms with E-state index in [9.17, 15) is 29.0 Å². The van der Waals surface area contributed by atoms with Gasteiger partial charge in [0.05, 0.1) is 26.2 Å². The molecule has 0 saturated carbocycles. The molecule has 2 saturated heterocycles. The van der Waals surface area contributed by atoms with Crippen LogP contribution in [0.5, 0.6) is 0 Å². The van der Waals surface area contributed by atoms with Crippen LogP contribution in [-0.2, 0) is 19.2 Å². The number of oxime groups is 1. The summed E-state index contributed by atoms with van der Waals surface area (Å²) in [5, 5.41) is 24.6. The summed E-state index contributed by atoms with van der Waals surface area (Å²) in [6.07, 6.45) is 6.51. The molecule has 0 bridgehead atoms. The molecule has 1 aromatic rings. The van der Waals surface area contributed by atoms with Crippen molar-refractivity contribution in [1.29, 1.82) is 0 Å². The largest absolute Gasteiger partial charge is 0.477 e. The number of β-lactam (4-membered cyclic amide) rings is 1. The smallest absolute Gasteiger partial charge is 0.352 e. The number of anilines is 1. The average molecular weight is 571 g/mol. The van der Waals surface area contributed by atoms with E-state index in [0.717, 1.165) is 46.7 Å². The number of thioether (sulfide) groups is 1. The number of aliphatic hydroxyl groups is 1. The SMILES string of the molecule is C[N+]1(C/C=C/C2=C(C(=O)O)N3C(=O)[C@@H](NC(=O)/C(=N\OCF)c4nsc(N)n4)[C@@H]3SC2)CCCC1CCO. The van der Waals surface area contributed by atoms with E-state index in [-0.39, 0.29) is 23.3 Å². The molecule has 0 aliphatic carbocycles. The van der Waals surface area contributed by atoms with Crippen molar-refractivity contribution in [3.05, 3.63) is 29.2 Å². The van der Waals surface area contributed by atoms with Crippen molar-refractivity contribution < 1.29 is 38.3 Å². The highest BCUT2D eigenvalue weighted by Gasteiger charge is 2.54. The van der Waals surface area contributed by atoms with E-state index in [1.807, 2.05) is 6.08 Å². The van der Waals surface area contributed by atoms with Gasteiger partial charge < -0.3 is 30.6 Å². The van der Waals surface area contributed by atoms with Crippen LogP contribution in [0.25, 0.3) is 0 Å². The van der Waals surface area contributed by atoms with Gasteiger partial charge in [-0.3, -0.25) is 14.5 Å². The molecule has 2 fully saturated rings. The number of nitrogen functional groups attached to an aromatic ring is 1. The lowest BCUT2D eigenvalue weighted by Crippen LogP contribution is -2.71. The second kappa shape index (κ2) is 11.8. The van der Waals surface area contributed by atoms with Gasteiger partial charge in [-0.05, 0) is 11.6 Å². The van der Waals surface area contributed by atoms with Crippen molar-refractivity contribution >= 4 is 51.9 Å². The minimum absolute atomic E-state index is 0.0518. The van der Waals surface area contributed by atoms with Crippen molar-refractivity contribution in [2.45, 2.75) is 36.7 Å². The fourth-order valence-electron chi connectivity index (χ4n) is 5.05. The van der Waals surface area contributed by atoms with Crippen LogP contribution in [0.1, 0.15) is 25.1 Å². The van der Waals surface area contributed by atoms with Crippen LogP contribution in [0.2, 0.25) is 0 Å². The van der Waals surface area contributed by atoms with Gasteiger partial charge in [0.25, 0.3) is 18.7 Å². The van der Waals surface area contributed by atoms with Crippen molar-refractivity contribution in [3.8, 4) is 0 Å². The number of aromatic nitrogens is 2. The summed E-state index contributed by atoms with van der Waals surface area (Å²) in [6.45, 7) is 0.495. The normalized spacial score (nSPS) is 27.4. The highest BCUT2D eigenvalue weighted by Crippen LogP contribution is 2.40. The monoisotopic (exact) mass is 570 g/mol. The molecule has 4 atom stereocenters. The maximum absolute atomic E-state index is 13.0. The van der Waals surface area contributed by atoms with E-state index in [1.54, 1.807) is 6.08 Å². The van der Waals surface area contributed by atoms with E-state index in [1.165, 1.54) is 11.8 Å². The maximum Gasteiger partial charge on any atom is 0.352 e. The number of nitrogens with one attached hydrogen (secondary N) is 1. The highest BCUT2D eigenvalue weighted by molar-refractivity contribution is 8.00. The van der Waals surface area contributed by atoms with Crippen LogP contribution in [0.3, 0.4) is 0 Å². The van der Waals surface area contributed by atoms with Crippen LogP contribution >= 0.6 is 23.3 Å². The molecule has 2 unspecified atom stereocenters. The third-order valence-corrected chi connectivity index (χ3v) is 8.80. The molecule has 1 aromatic heterocycles. The van der Waals surface area contributed by atoms with Crippen LogP contribution in [0.15, 0.2) is 28.6 Å². The van der Waals surface area contributed by atoms with Crippen LogP contribution in [-0.4, -0.2) is 109 Å². The maximum atomic E-state index is 13.0. The number of hydrogen-bond donors (Lipinski definition) is 4. The van der Waals surface area contributed by atoms with Gasteiger partial charge in [-0.15, -0.1) is 11.8 Å². The zero-order chi connectivity index (χ0) is 27.4. The molecule has 2 amide bonds.